The Labute approximate surface area is 318 Å². The van der Waals surface area contributed by atoms with Crippen molar-refractivity contribution in [1.29, 1.82) is 0 Å². The van der Waals surface area contributed by atoms with Gasteiger partial charge in [0.2, 0.25) is 0 Å². The third-order valence-electron chi connectivity index (χ3n) is 10.6. The number of aryl methyl sites for hydroxylation is 1. The normalized spacial score (nSPS) is 16.5. The maximum Gasteiger partial charge on any atom is 0.0314 e. The summed E-state index contributed by atoms with van der Waals surface area (Å²) < 4.78 is 0. The van der Waals surface area contributed by atoms with Crippen LogP contribution in [0.25, 0.3) is 0 Å². The molecule has 2 aliphatic rings. The highest BCUT2D eigenvalue weighted by Gasteiger charge is 2.38. The Morgan fingerprint density at radius 1 is 0.558 bits per heavy atom. The van der Waals surface area contributed by atoms with E-state index < -0.39 is 0 Å². The van der Waals surface area contributed by atoms with E-state index in [0.717, 1.165) is 89.5 Å². The first kappa shape index (κ1) is 43.7. The van der Waals surface area contributed by atoms with Crippen LogP contribution in [0.2, 0.25) is 0 Å². The quantitative estimate of drug-likeness (QED) is 0.0993. The standard InChI is InChI=1S/C42H60N2.C7H9N/c1-32(14-16-34(3)20-24-38(7)43)18-22-36(5)42(30-28-41(29-31-42)27-26-40-12-10-9-11-13-40)37(6)23-19-33(2)15-17-35(4)21-25-39(8)44;1-6-2-4-7(8)5-3-6/h18-25,40-41H,1-17,26-31,43-44H2;2-5H,8H2,1H3/b22-18-,23-19-,24-20-,25-21-;. The minimum atomic E-state index is -0.142. The summed E-state index contributed by atoms with van der Waals surface area (Å²) in [5.41, 5.74) is 26.1. The third-order valence-corrected chi connectivity index (χ3v) is 10.6. The first-order valence-electron chi connectivity index (χ1n) is 19.2. The Morgan fingerprint density at radius 3 is 1.29 bits per heavy atom. The zero-order chi connectivity index (χ0) is 38.5. The fraction of sp³-hybridized carbons (Fsp3) is 0.388. The Hall–Kier alpha value is -4.50. The van der Waals surface area contributed by atoms with Gasteiger partial charge >= 0.3 is 0 Å². The molecule has 3 nitrogen and oxygen atoms in total. The van der Waals surface area contributed by atoms with Gasteiger partial charge in [0.05, 0.1) is 0 Å². The maximum absolute atomic E-state index is 5.64. The van der Waals surface area contributed by atoms with Crippen molar-refractivity contribution in [2.24, 2.45) is 28.7 Å². The smallest absolute Gasteiger partial charge is 0.0314 e. The van der Waals surface area contributed by atoms with Crippen LogP contribution in [-0.2, 0) is 0 Å². The highest BCUT2D eigenvalue weighted by atomic mass is 14.5. The number of allylic oxidation sites excluding steroid dienone is 14. The van der Waals surface area contributed by atoms with Crippen LogP contribution in [0, 0.1) is 24.2 Å². The van der Waals surface area contributed by atoms with Crippen LogP contribution in [0.15, 0.2) is 170 Å². The second-order valence-corrected chi connectivity index (χ2v) is 15.2. The lowest BCUT2D eigenvalue weighted by atomic mass is 9.62. The minimum absolute atomic E-state index is 0.142. The monoisotopic (exact) mass is 700 g/mol. The summed E-state index contributed by atoms with van der Waals surface area (Å²) in [6.45, 7) is 35.5. The summed E-state index contributed by atoms with van der Waals surface area (Å²) >= 11 is 0. The van der Waals surface area contributed by atoms with Crippen LogP contribution in [0.5, 0.6) is 0 Å². The largest absolute Gasteiger partial charge is 0.399 e. The van der Waals surface area contributed by atoms with Crippen LogP contribution in [-0.4, -0.2) is 0 Å². The molecule has 0 atom stereocenters. The first-order chi connectivity index (χ1) is 24.7. The molecule has 1 aromatic rings. The van der Waals surface area contributed by atoms with Gasteiger partial charge in [0.15, 0.2) is 0 Å². The maximum atomic E-state index is 5.64. The number of nitrogen functional groups attached to an aromatic ring is 1. The zero-order valence-corrected chi connectivity index (χ0v) is 32.6. The van der Waals surface area contributed by atoms with E-state index in [-0.39, 0.29) is 5.41 Å². The number of anilines is 1. The average molecular weight is 700 g/mol. The molecule has 0 amide bonds. The number of benzene rings is 1. The summed E-state index contributed by atoms with van der Waals surface area (Å²) in [6.07, 6.45) is 33.9. The predicted molar refractivity (Wildman–Crippen MR) is 232 cm³/mol. The van der Waals surface area contributed by atoms with E-state index in [9.17, 15) is 0 Å². The molecule has 52 heavy (non-hydrogen) atoms. The molecule has 280 valence electrons. The first-order valence-corrected chi connectivity index (χ1v) is 19.2. The molecule has 2 saturated carbocycles. The van der Waals surface area contributed by atoms with Crippen LogP contribution in [0.1, 0.15) is 102 Å². The predicted octanol–water partition coefficient (Wildman–Crippen LogP) is 13.2. The molecule has 0 unspecified atom stereocenters. The van der Waals surface area contributed by atoms with Gasteiger partial charge in [0.1, 0.15) is 0 Å². The molecule has 3 heteroatoms. The van der Waals surface area contributed by atoms with Gasteiger partial charge in [-0.2, -0.15) is 0 Å². The lowest BCUT2D eigenvalue weighted by molar-refractivity contribution is 0.208. The van der Waals surface area contributed by atoms with Gasteiger partial charge in [0.25, 0.3) is 0 Å². The van der Waals surface area contributed by atoms with Crippen molar-refractivity contribution in [2.45, 2.75) is 103 Å². The van der Waals surface area contributed by atoms with Crippen molar-refractivity contribution >= 4 is 5.69 Å². The zero-order valence-electron chi connectivity index (χ0n) is 32.6. The lowest BCUT2D eigenvalue weighted by Crippen LogP contribution is -2.30. The van der Waals surface area contributed by atoms with Gasteiger partial charge in [-0.25, -0.2) is 0 Å². The van der Waals surface area contributed by atoms with E-state index in [0.29, 0.717) is 11.4 Å². The summed E-state index contributed by atoms with van der Waals surface area (Å²) in [7, 11) is 0. The molecule has 3 rings (SSSR count). The molecule has 0 radical (unpaired) electrons. The second kappa shape index (κ2) is 23.1. The van der Waals surface area contributed by atoms with Gasteiger partial charge in [-0.05, 0) is 106 Å². The fourth-order valence-electron chi connectivity index (χ4n) is 7.00. The molecular weight excluding hydrogens is 631 g/mol. The van der Waals surface area contributed by atoms with Gasteiger partial charge in [-0.3, -0.25) is 0 Å². The van der Waals surface area contributed by atoms with E-state index in [2.05, 4.69) is 76.9 Å². The Bertz CT molecular complexity index is 1430. The highest BCUT2D eigenvalue weighted by molar-refractivity contribution is 5.43. The van der Waals surface area contributed by atoms with E-state index in [1.807, 2.05) is 43.3 Å². The van der Waals surface area contributed by atoms with Crippen LogP contribution >= 0.6 is 0 Å². The van der Waals surface area contributed by atoms with E-state index >= 15 is 0 Å². The second-order valence-electron chi connectivity index (χ2n) is 15.2. The molecule has 2 fully saturated rings. The van der Waals surface area contributed by atoms with Gasteiger partial charge in [0, 0.05) is 22.5 Å². The van der Waals surface area contributed by atoms with E-state index in [1.165, 1.54) is 63.4 Å². The molecule has 2 aliphatic carbocycles. The van der Waals surface area contributed by atoms with Gasteiger partial charge in [-0.1, -0.05) is 174 Å². The molecular formula is C49H69N3. The summed E-state index contributed by atoms with van der Waals surface area (Å²) in [5.74, 6) is 1.75. The van der Waals surface area contributed by atoms with Crippen molar-refractivity contribution in [3.05, 3.63) is 176 Å². The minimum Gasteiger partial charge on any atom is -0.399 e. The van der Waals surface area contributed by atoms with Gasteiger partial charge < -0.3 is 17.2 Å². The lowest BCUT2D eigenvalue weighted by Gasteiger charge is -2.42. The Kier molecular flexibility index (Phi) is 19.4. The summed E-state index contributed by atoms with van der Waals surface area (Å²) in [4.78, 5) is 0. The molecule has 0 bridgehead atoms. The Balaban J connectivity index is 0.00000103. The number of nitrogens with two attached hydrogens (primary N) is 3. The van der Waals surface area contributed by atoms with Gasteiger partial charge in [-0.15, -0.1) is 0 Å². The third kappa shape index (κ3) is 17.1. The SMILES string of the molecule is C=C(N)/C=C\C(=C)CCC(=C)/C=C\C(=C)C1(C(=C)/C=C\C(=C)CCC(=C)/C=C\C(=C)N)CCC(CCC2CCCCC2)CC1.Cc1ccc(N)cc1. The van der Waals surface area contributed by atoms with Crippen LogP contribution in [0.4, 0.5) is 5.69 Å². The van der Waals surface area contributed by atoms with Crippen molar-refractivity contribution in [1.82, 2.24) is 0 Å². The topological polar surface area (TPSA) is 78.1 Å². The number of hydrogen-bond donors (Lipinski definition) is 3. The molecule has 0 aliphatic heterocycles. The number of hydrogen-bond acceptors (Lipinski definition) is 3. The fourth-order valence-corrected chi connectivity index (χ4v) is 7.00. The van der Waals surface area contributed by atoms with Crippen LogP contribution in [0.3, 0.4) is 0 Å². The molecule has 1 aromatic carbocycles. The van der Waals surface area contributed by atoms with E-state index in [4.69, 9.17) is 17.2 Å². The Morgan fingerprint density at radius 2 is 0.923 bits per heavy atom. The van der Waals surface area contributed by atoms with Crippen molar-refractivity contribution in [2.75, 3.05) is 5.73 Å². The van der Waals surface area contributed by atoms with Crippen molar-refractivity contribution < 1.29 is 0 Å². The molecule has 6 N–H and O–H groups in total. The number of rotatable bonds is 19. The average Bonchev–Trinajstić information content (AvgIpc) is 3.13. The van der Waals surface area contributed by atoms with Crippen molar-refractivity contribution in [3.63, 3.8) is 0 Å². The summed E-state index contributed by atoms with van der Waals surface area (Å²) in [5, 5.41) is 0. The molecule has 0 aromatic heterocycles. The molecule has 0 heterocycles. The molecule has 0 saturated heterocycles. The van der Waals surface area contributed by atoms with Crippen LogP contribution < -0.4 is 17.2 Å². The van der Waals surface area contributed by atoms with Crippen molar-refractivity contribution in [3.8, 4) is 0 Å². The highest BCUT2D eigenvalue weighted by Crippen LogP contribution is 2.50. The van der Waals surface area contributed by atoms with E-state index in [1.54, 1.807) is 12.2 Å². The molecule has 0 spiro atoms. The summed E-state index contributed by atoms with van der Waals surface area (Å²) in [6, 6.07) is 7.79.